The van der Waals surface area contributed by atoms with E-state index in [1.54, 1.807) is 6.07 Å². The summed E-state index contributed by atoms with van der Waals surface area (Å²) < 4.78 is 5.39. The Hall–Kier alpha value is -1.82. The number of esters is 1. The highest BCUT2D eigenvalue weighted by Gasteiger charge is 2.18. The van der Waals surface area contributed by atoms with E-state index in [1.807, 2.05) is 18.2 Å². The Bertz CT molecular complexity index is 615. The van der Waals surface area contributed by atoms with Crippen LogP contribution in [0.3, 0.4) is 0 Å². The number of ether oxygens (including phenoxy) is 1. The number of rotatable bonds is 2. The second-order valence-corrected chi connectivity index (χ2v) is 4.15. The fourth-order valence-corrected chi connectivity index (χ4v) is 1.99. The lowest BCUT2D eigenvalue weighted by Gasteiger charge is -2.03. The Kier molecular flexibility index (Phi) is 3.14. The van der Waals surface area contributed by atoms with Gasteiger partial charge in [0.2, 0.25) is 0 Å². The van der Waals surface area contributed by atoms with Crippen LogP contribution < -0.4 is 5.69 Å². The van der Waals surface area contributed by atoms with Gasteiger partial charge in [-0.15, -0.1) is 0 Å². The molecule has 0 fully saturated rings. The lowest BCUT2D eigenvalue weighted by molar-refractivity contribution is 0.0595. The minimum atomic E-state index is -0.589. The first kappa shape index (κ1) is 11.7. The summed E-state index contributed by atoms with van der Waals surface area (Å²) in [5.41, 5.74) is 0.793. The predicted octanol–water partition coefficient (Wildman–Crippen LogP) is 1.92. The van der Waals surface area contributed by atoms with E-state index in [1.165, 1.54) is 7.11 Å². The lowest BCUT2D eigenvalue weighted by atomic mass is 10.1. The lowest BCUT2D eigenvalue weighted by Crippen LogP contribution is -2.06. The normalized spacial score (nSPS) is 10.2. The van der Waals surface area contributed by atoms with Crippen molar-refractivity contribution in [2.45, 2.75) is 0 Å². The van der Waals surface area contributed by atoms with Gasteiger partial charge < -0.3 is 9.72 Å². The van der Waals surface area contributed by atoms with Crippen molar-refractivity contribution < 1.29 is 9.53 Å². The van der Waals surface area contributed by atoms with Crippen LogP contribution in [0.5, 0.6) is 0 Å². The van der Waals surface area contributed by atoms with Gasteiger partial charge in [-0.3, -0.25) is 4.98 Å². The van der Waals surface area contributed by atoms with E-state index < -0.39 is 11.7 Å². The van der Waals surface area contributed by atoms with E-state index in [9.17, 15) is 9.59 Å². The van der Waals surface area contributed by atoms with E-state index in [0.29, 0.717) is 11.3 Å². The molecule has 0 saturated heterocycles. The van der Waals surface area contributed by atoms with Gasteiger partial charge in [0.15, 0.2) is 5.69 Å². The van der Waals surface area contributed by atoms with Crippen molar-refractivity contribution in [3.8, 4) is 11.3 Å². The molecule has 1 aromatic carbocycles. The molecule has 5 nitrogen and oxygen atoms in total. The molecular formula is C11H9BrN2O3. The van der Waals surface area contributed by atoms with Crippen molar-refractivity contribution in [3.63, 3.8) is 0 Å². The highest BCUT2D eigenvalue weighted by Crippen LogP contribution is 2.27. The molecule has 0 radical (unpaired) electrons. The van der Waals surface area contributed by atoms with Crippen LogP contribution in [0.1, 0.15) is 10.5 Å². The summed E-state index contributed by atoms with van der Waals surface area (Å²) in [6, 6.07) is 7.26. The first-order chi connectivity index (χ1) is 8.13. The van der Waals surface area contributed by atoms with Gasteiger partial charge in [-0.25, -0.2) is 9.59 Å². The van der Waals surface area contributed by atoms with E-state index in [4.69, 9.17) is 0 Å². The molecule has 0 saturated carbocycles. The van der Waals surface area contributed by atoms with Gasteiger partial charge in [-0.1, -0.05) is 34.1 Å². The highest BCUT2D eigenvalue weighted by molar-refractivity contribution is 9.10. The Morgan fingerprint density at radius 3 is 2.65 bits per heavy atom. The van der Waals surface area contributed by atoms with Crippen LogP contribution >= 0.6 is 15.9 Å². The molecule has 2 N–H and O–H groups in total. The summed E-state index contributed by atoms with van der Waals surface area (Å²) in [5.74, 6) is -0.589. The summed E-state index contributed by atoms with van der Waals surface area (Å²) in [5, 5.41) is 0. The first-order valence-corrected chi connectivity index (χ1v) is 5.58. The Morgan fingerprint density at radius 1 is 1.29 bits per heavy atom. The van der Waals surface area contributed by atoms with Crippen molar-refractivity contribution in [1.29, 1.82) is 0 Å². The van der Waals surface area contributed by atoms with Gasteiger partial charge in [0.25, 0.3) is 0 Å². The predicted molar refractivity (Wildman–Crippen MR) is 65.9 cm³/mol. The second kappa shape index (κ2) is 4.58. The fourth-order valence-electron chi connectivity index (χ4n) is 1.50. The summed E-state index contributed by atoms with van der Waals surface area (Å²) in [4.78, 5) is 27.8. The molecule has 2 aromatic rings. The highest BCUT2D eigenvalue weighted by atomic mass is 79.9. The maximum Gasteiger partial charge on any atom is 0.356 e. The number of hydrogen-bond acceptors (Lipinski definition) is 3. The fraction of sp³-hybridized carbons (Fsp3) is 0.0909. The van der Waals surface area contributed by atoms with Crippen LogP contribution in [0.15, 0.2) is 33.5 Å². The smallest absolute Gasteiger partial charge is 0.356 e. The molecule has 0 unspecified atom stereocenters. The number of halogens is 1. The molecule has 0 atom stereocenters. The quantitative estimate of drug-likeness (QED) is 0.832. The largest absolute Gasteiger partial charge is 0.464 e. The third-order valence-corrected chi connectivity index (χ3v) is 2.95. The summed E-state index contributed by atoms with van der Waals surface area (Å²) in [7, 11) is 1.26. The van der Waals surface area contributed by atoms with Gasteiger partial charge in [0.1, 0.15) is 0 Å². The third-order valence-electron chi connectivity index (χ3n) is 2.26. The molecule has 6 heteroatoms. The molecule has 0 amide bonds. The molecule has 0 bridgehead atoms. The molecule has 1 heterocycles. The zero-order chi connectivity index (χ0) is 12.4. The average Bonchev–Trinajstić information content (AvgIpc) is 2.71. The van der Waals surface area contributed by atoms with Gasteiger partial charge >= 0.3 is 11.7 Å². The summed E-state index contributed by atoms with van der Waals surface area (Å²) in [6.45, 7) is 0. The maximum absolute atomic E-state index is 11.5. The van der Waals surface area contributed by atoms with E-state index >= 15 is 0 Å². The van der Waals surface area contributed by atoms with Gasteiger partial charge in [-0.2, -0.15) is 0 Å². The second-order valence-electron chi connectivity index (χ2n) is 3.30. The number of imidazole rings is 1. The molecule has 2 rings (SSSR count). The number of methoxy groups -OCH3 is 1. The van der Waals surface area contributed by atoms with Crippen molar-refractivity contribution in [1.82, 2.24) is 9.97 Å². The number of nitrogens with one attached hydrogen (secondary N) is 2. The molecule has 0 spiro atoms. The number of hydrogen-bond donors (Lipinski definition) is 2. The Labute approximate surface area is 105 Å². The zero-order valence-electron chi connectivity index (χ0n) is 8.91. The topological polar surface area (TPSA) is 75.0 Å². The SMILES string of the molecule is COC(=O)c1[nH]c(=O)[nH]c1-c1ccccc1Br. The first-order valence-electron chi connectivity index (χ1n) is 4.79. The Balaban J connectivity index is 2.64. The maximum atomic E-state index is 11.5. The standard InChI is InChI=1S/C11H9BrN2O3/c1-17-10(15)9-8(13-11(16)14-9)6-4-2-3-5-7(6)12/h2-5H,1H3,(H2,13,14,16). The van der Waals surface area contributed by atoms with Crippen LogP contribution in [0.4, 0.5) is 0 Å². The van der Waals surface area contributed by atoms with Gasteiger partial charge in [0, 0.05) is 10.0 Å². The number of aromatic nitrogens is 2. The molecule has 88 valence electrons. The van der Waals surface area contributed by atoms with Crippen LogP contribution in [0.2, 0.25) is 0 Å². The monoisotopic (exact) mass is 296 g/mol. The van der Waals surface area contributed by atoms with Crippen LogP contribution in [0.25, 0.3) is 11.3 Å². The Morgan fingerprint density at radius 2 is 2.00 bits per heavy atom. The molecular weight excluding hydrogens is 288 g/mol. The van der Waals surface area contributed by atoms with Crippen LogP contribution in [-0.2, 0) is 4.74 Å². The van der Waals surface area contributed by atoms with Crippen LogP contribution in [0, 0.1) is 0 Å². The number of carbonyl (C=O) groups is 1. The molecule has 17 heavy (non-hydrogen) atoms. The van der Waals surface area contributed by atoms with Crippen LogP contribution in [-0.4, -0.2) is 23.0 Å². The van der Waals surface area contributed by atoms with Crippen molar-refractivity contribution in [2.75, 3.05) is 7.11 Å². The third kappa shape index (κ3) is 2.16. The number of H-pyrrole nitrogens is 2. The minimum absolute atomic E-state index is 0.115. The number of aromatic amines is 2. The number of carbonyl (C=O) groups excluding carboxylic acids is 1. The molecule has 0 aliphatic rings. The molecule has 0 aliphatic heterocycles. The average molecular weight is 297 g/mol. The zero-order valence-corrected chi connectivity index (χ0v) is 10.5. The van der Waals surface area contributed by atoms with Crippen molar-refractivity contribution in [2.24, 2.45) is 0 Å². The molecule has 1 aromatic heterocycles. The summed E-state index contributed by atoms with van der Waals surface area (Å²) in [6.07, 6.45) is 0. The van der Waals surface area contributed by atoms with Gasteiger partial charge in [0.05, 0.1) is 12.8 Å². The van der Waals surface area contributed by atoms with E-state index in [0.717, 1.165) is 4.47 Å². The molecule has 0 aliphatic carbocycles. The van der Waals surface area contributed by atoms with Crippen molar-refractivity contribution >= 4 is 21.9 Å². The summed E-state index contributed by atoms with van der Waals surface area (Å²) >= 11 is 3.36. The van der Waals surface area contributed by atoms with Crippen molar-refractivity contribution in [3.05, 3.63) is 44.9 Å². The number of benzene rings is 1. The van der Waals surface area contributed by atoms with E-state index in [2.05, 4.69) is 30.6 Å². The minimum Gasteiger partial charge on any atom is -0.464 e. The van der Waals surface area contributed by atoms with Gasteiger partial charge in [-0.05, 0) is 6.07 Å². The van der Waals surface area contributed by atoms with E-state index in [-0.39, 0.29) is 5.69 Å².